The second-order valence-corrected chi connectivity index (χ2v) is 5.05. The lowest BCUT2D eigenvalue weighted by Gasteiger charge is -2.22. The predicted octanol–water partition coefficient (Wildman–Crippen LogP) is 1.32. The number of hydrogen-bond donors (Lipinski definition) is 1. The number of nitriles is 1. The Hall–Kier alpha value is -1.41. The van der Waals surface area contributed by atoms with Crippen molar-refractivity contribution < 1.29 is 5.11 Å². The Morgan fingerprint density at radius 1 is 1.47 bits per heavy atom. The fourth-order valence-corrected chi connectivity index (χ4v) is 1.67. The molecule has 0 atom stereocenters. The highest BCUT2D eigenvalue weighted by molar-refractivity contribution is 5.14. The lowest BCUT2D eigenvalue weighted by atomic mass is 9.95. The Morgan fingerprint density at radius 3 is 2.71 bits per heavy atom. The summed E-state index contributed by atoms with van der Waals surface area (Å²) in [6.45, 7) is 6.77. The Balaban J connectivity index is 2.95. The average molecular weight is 236 g/mol. The minimum atomic E-state index is -0.222. The summed E-state index contributed by atoms with van der Waals surface area (Å²) in [4.78, 5) is 0. The molecule has 0 saturated heterocycles. The van der Waals surface area contributed by atoms with Gasteiger partial charge in [0.05, 0.1) is 30.4 Å². The fraction of sp³-hybridized carbons (Fsp3) is 0.750. The van der Waals surface area contributed by atoms with Crippen molar-refractivity contribution in [1.82, 2.24) is 15.0 Å². The third kappa shape index (κ3) is 3.53. The molecule has 94 valence electrons. The first-order valence-electron chi connectivity index (χ1n) is 5.93. The molecule has 0 aliphatic carbocycles. The van der Waals surface area contributed by atoms with Crippen LogP contribution in [0.25, 0.3) is 0 Å². The molecule has 0 saturated carbocycles. The minimum absolute atomic E-state index is 0.103. The van der Waals surface area contributed by atoms with Crippen LogP contribution in [0.15, 0.2) is 0 Å². The zero-order chi connectivity index (χ0) is 12.9. The van der Waals surface area contributed by atoms with E-state index < -0.39 is 0 Å². The summed E-state index contributed by atoms with van der Waals surface area (Å²) in [5.41, 5.74) is 1.57. The van der Waals surface area contributed by atoms with Crippen molar-refractivity contribution in [2.24, 2.45) is 5.41 Å². The molecule has 0 radical (unpaired) electrons. The first-order valence-corrected chi connectivity index (χ1v) is 5.93. The summed E-state index contributed by atoms with van der Waals surface area (Å²) in [6, 6.07) is 2.11. The number of rotatable bonds is 6. The Kier molecular flexibility index (Phi) is 4.64. The van der Waals surface area contributed by atoms with E-state index >= 15 is 0 Å². The largest absolute Gasteiger partial charge is 0.396 e. The molecule has 0 amide bonds. The lowest BCUT2D eigenvalue weighted by Crippen LogP contribution is -2.25. The SMILES string of the molecule is CCCc1c(CC#N)nnn1CC(C)(C)CO. The van der Waals surface area contributed by atoms with E-state index in [0.29, 0.717) is 13.0 Å². The van der Waals surface area contributed by atoms with E-state index in [0.717, 1.165) is 24.2 Å². The maximum atomic E-state index is 9.27. The number of hydrogen-bond acceptors (Lipinski definition) is 4. The Labute approximate surface area is 102 Å². The van der Waals surface area contributed by atoms with Gasteiger partial charge in [-0.25, -0.2) is 4.68 Å². The van der Waals surface area contributed by atoms with E-state index in [1.54, 1.807) is 0 Å². The molecule has 1 aromatic heterocycles. The summed E-state index contributed by atoms with van der Waals surface area (Å²) in [5.74, 6) is 0. The van der Waals surface area contributed by atoms with Crippen LogP contribution in [-0.2, 0) is 19.4 Å². The highest BCUT2D eigenvalue weighted by Crippen LogP contribution is 2.19. The molecule has 1 aromatic rings. The third-order valence-corrected chi connectivity index (χ3v) is 2.66. The average Bonchev–Trinajstić information content (AvgIpc) is 2.63. The van der Waals surface area contributed by atoms with Crippen molar-refractivity contribution in [3.05, 3.63) is 11.4 Å². The molecule has 1 rings (SSSR count). The van der Waals surface area contributed by atoms with Gasteiger partial charge in [0.25, 0.3) is 0 Å². The topological polar surface area (TPSA) is 74.7 Å². The van der Waals surface area contributed by atoms with Crippen molar-refractivity contribution in [2.75, 3.05) is 6.61 Å². The zero-order valence-electron chi connectivity index (χ0n) is 10.8. The monoisotopic (exact) mass is 236 g/mol. The van der Waals surface area contributed by atoms with Crippen molar-refractivity contribution in [2.45, 2.75) is 46.6 Å². The van der Waals surface area contributed by atoms with Gasteiger partial charge in [0, 0.05) is 12.0 Å². The van der Waals surface area contributed by atoms with Crippen LogP contribution < -0.4 is 0 Å². The van der Waals surface area contributed by atoms with Crippen LogP contribution in [-0.4, -0.2) is 26.7 Å². The van der Waals surface area contributed by atoms with Gasteiger partial charge in [-0.2, -0.15) is 5.26 Å². The van der Waals surface area contributed by atoms with Crippen LogP contribution in [0.5, 0.6) is 0 Å². The highest BCUT2D eigenvalue weighted by Gasteiger charge is 2.21. The standard InChI is InChI=1S/C12H20N4O/c1-4-5-11-10(6-7-13)14-15-16(11)8-12(2,3)9-17/h17H,4-6,8-9H2,1-3H3. The molecule has 0 fully saturated rings. The second kappa shape index (κ2) is 5.78. The van der Waals surface area contributed by atoms with E-state index in [-0.39, 0.29) is 12.0 Å². The van der Waals surface area contributed by atoms with Gasteiger partial charge < -0.3 is 5.11 Å². The van der Waals surface area contributed by atoms with E-state index in [1.165, 1.54) is 0 Å². The summed E-state index contributed by atoms with van der Waals surface area (Å²) < 4.78 is 1.83. The Morgan fingerprint density at radius 2 is 2.18 bits per heavy atom. The lowest BCUT2D eigenvalue weighted by molar-refractivity contribution is 0.134. The predicted molar refractivity (Wildman–Crippen MR) is 64.2 cm³/mol. The molecule has 5 heteroatoms. The normalized spacial score (nSPS) is 11.5. The van der Waals surface area contributed by atoms with Crippen LogP contribution >= 0.6 is 0 Å². The van der Waals surface area contributed by atoms with Gasteiger partial charge in [0.2, 0.25) is 0 Å². The number of aliphatic hydroxyl groups excluding tert-OH is 1. The van der Waals surface area contributed by atoms with Crippen molar-refractivity contribution in [3.8, 4) is 6.07 Å². The van der Waals surface area contributed by atoms with Crippen LogP contribution in [0.1, 0.15) is 38.6 Å². The molecule has 0 aliphatic heterocycles. The van der Waals surface area contributed by atoms with Crippen LogP contribution in [0.3, 0.4) is 0 Å². The molecule has 17 heavy (non-hydrogen) atoms. The molecule has 0 aliphatic rings. The summed E-state index contributed by atoms with van der Waals surface area (Å²) in [5, 5.41) is 26.1. The summed E-state index contributed by atoms with van der Waals surface area (Å²) in [6.07, 6.45) is 2.16. The molecule has 1 heterocycles. The van der Waals surface area contributed by atoms with Gasteiger partial charge in [0.15, 0.2) is 0 Å². The molecule has 5 nitrogen and oxygen atoms in total. The maximum Gasteiger partial charge on any atom is 0.0999 e. The molecule has 0 spiro atoms. The third-order valence-electron chi connectivity index (χ3n) is 2.66. The summed E-state index contributed by atoms with van der Waals surface area (Å²) in [7, 11) is 0. The van der Waals surface area contributed by atoms with E-state index in [4.69, 9.17) is 5.26 Å². The van der Waals surface area contributed by atoms with Gasteiger partial charge in [-0.05, 0) is 6.42 Å². The minimum Gasteiger partial charge on any atom is -0.396 e. The van der Waals surface area contributed by atoms with E-state index in [9.17, 15) is 5.11 Å². The molecule has 0 unspecified atom stereocenters. The summed E-state index contributed by atoms with van der Waals surface area (Å²) >= 11 is 0. The fourth-order valence-electron chi connectivity index (χ4n) is 1.67. The Bertz CT molecular complexity index is 403. The molecule has 0 bridgehead atoms. The molecule has 0 aromatic carbocycles. The van der Waals surface area contributed by atoms with Crippen molar-refractivity contribution >= 4 is 0 Å². The van der Waals surface area contributed by atoms with Gasteiger partial charge in [-0.1, -0.05) is 32.4 Å². The van der Waals surface area contributed by atoms with Gasteiger partial charge >= 0.3 is 0 Å². The zero-order valence-corrected chi connectivity index (χ0v) is 10.8. The molecule has 1 N–H and O–H groups in total. The van der Waals surface area contributed by atoms with Crippen LogP contribution in [0.2, 0.25) is 0 Å². The van der Waals surface area contributed by atoms with E-state index in [1.807, 2.05) is 18.5 Å². The first-order chi connectivity index (χ1) is 8.04. The van der Waals surface area contributed by atoms with Gasteiger partial charge in [0.1, 0.15) is 0 Å². The van der Waals surface area contributed by atoms with E-state index in [2.05, 4.69) is 23.3 Å². The van der Waals surface area contributed by atoms with Crippen molar-refractivity contribution in [1.29, 1.82) is 5.26 Å². The van der Waals surface area contributed by atoms with Gasteiger partial charge in [-0.15, -0.1) is 5.10 Å². The van der Waals surface area contributed by atoms with Crippen LogP contribution in [0, 0.1) is 16.7 Å². The first kappa shape index (κ1) is 13.7. The molecular formula is C12H20N4O. The van der Waals surface area contributed by atoms with Crippen LogP contribution in [0.4, 0.5) is 0 Å². The molecular weight excluding hydrogens is 216 g/mol. The van der Waals surface area contributed by atoms with Crippen molar-refractivity contribution in [3.63, 3.8) is 0 Å². The smallest absolute Gasteiger partial charge is 0.0999 e. The number of aromatic nitrogens is 3. The second-order valence-electron chi connectivity index (χ2n) is 5.05. The number of aliphatic hydroxyl groups is 1. The number of nitrogens with zero attached hydrogens (tertiary/aromatic N) is 4. The van der Waals surface area contributed by atoms with Gasteiger partial charge in [-0.3, -0.25) is 0 Å². The maximum absolute atomic E-state index is 9.27. The highest BCUT2D eigenvalue weighted by atomic mass is 16.3. The quantitative estimate of drug-likeness (QED) is 0.808.